The van der Waals surface area contributed by atoms with E-state index in [9.17, 15) is 18.8 Å². The average Bonchev–Trinajstić information content (AvgIpc) is 3.04. The molecule has 0 aromatic heterocycles. The van der Waals surface area contributed by atoms with Crippen LogP contribution in [-0.4, -0.2) is 35.4 Å². The zero-order chi connectivity index (χ0) is 19.2. The Morgan fingerprint density at radius 3 is 2.59 bits per heavy atom. The molecule has 4 rings (SSSR count). The Morgan fingerprint density at radius 2 is 1.85 bits per heavy atom. The van der Waals surface area contributed by atoms with E-state index >= 15 is 0 Å². The summed E-state index contributed by atoms with van der Waals surface area (Å²) in [5.74, 6) is -1.63. The standard InChI is InChI=1S/C20H17FN2O4/c1-22-18(25)15-4-2-3-5-16(15)23-17(24)10-11-20(22,23)19(26)27-12-13-6-8-14(21)9-7-13/h2-9H,10-12H2,1H3/t20-/m0/s1. The third-order valence-corrected chi connectivity index (χ3v) is 5.15. The minimum Gasteiger partial charge on any atom is -0.458 e. The molecule has 2 aromatic carbocycles. The summed E-state index contributed by atoms with van der Waals surface area (Å²) in [6, 6.07) is 12.3. The lowest BCUT2D eigenvalue weighted by Crippen LogP contribution is -2.67. The molecule has 0 spiro atoms. The molecule has 0 unspecified atom stereocenters. The van der Waals surface area contributed by atoms with E-state index in [0.717, 1.165) is 0 Å². The van der Waals surface area contributed by atoms with Gasteiger partial charge in [0.25, 0.3) is 5.91 Å². The third-order valence-electron chi connectivity index (χ3n) is 5.15. The number of amides is 2. The van der Waals surface area contributed by atoms with Crippen LogP contribution in [0.3, 0.4) is 0 Å². The maximum absolute atomic E-state index is 13.1. The molecule has 0 aliphatic carbocycles. The number of halogens is 1. The van der Waals surface area contributed by atoms with Crippen molar-refractivity contribution >= 4 is 23.5 Å². The van der Waals surface area contributed by atoms with Crippen LogP contribution >= 0.6 is 0 Å². The van der Waals surface area contributed by atoms with Crippen molar-refractivity contribution < 1.29 is 23.5 Å². The van der Waals surface area contributed by atoms with Crippen molar-refractivity contribution in [1.82, 2.24) is 4.90 Å². The van der Waals surface area contributed by atoms with Crippen molar-refractivity contribution in [3.05, 3.63) is 65.5 Å². The quantitative estimate of drug-likeness (QED) is 0.781. The zero-order valence-electron chi connectivity index (χ0n) is 14.6. The lowest BCUT2D eigenvalue weighted by atomic mass is 9.97. The number of hydrogen-bond donors (Lipinski definition) is 0. The van der Waals surface area contributed by atoms with E-state index in [0.29, 0.717) is 16.8 Å². The summed E-state index contributed by atoms with van der Waals surface area (Å²) in [4.78, 5) is 41.1. The van der Waals surface area contributed by atoms with Gasteiger partial charge in [-0.15, -0.1) is 0 Å². The summed E-state index contributed by atoms with van der Waals surface area (Å²) in [6.45, 7) is -0.0768. The largest absolute Gasteiger partial charge is 0.458 e. The van der Waals surface area contributed by atoms with Gasteiger partial charge in [-0.3, -0.25) is 14.5 Å². The molecule has 138 valence electrons. The number of hydrogen-bond acceptors (Lipinski definition) is 4. The Labute approximate surface area is 155 Å². The summed E-state index contributed by atoms with van der Waals surface area (Å²) in [7, 11) is 1.50. The second-order valence-corrected chi connectivity index (χ2v) is 6.63. The first-order valence-corrected chi connectivity index (χ1v) is 8.57. The molecule has 0 N–H and O–H groups in total. The molecule has 2 aliphatic heterocycles. The zero-order valence-corrected chi connectivity index (χ0v) is 14.6. The summed E-state index contributed by atoms with van der Waals surface area (Å²) < 4.78 is 18.5. The van der Waals surface area contributed by atoms with Gasteiger partial charge in [-0.05, 0) is 29.8 Å². The third kappa shape index (κ3) is 2.50. The lowest BCUT2D eigenvalue weighted by Gasteiger charge is -2.46. The van der Waals surface area contributed by atoms with Crippen molar-refractivity contribution in [3.63, 3.8) is 0 Å². The fraction of sp³-hybridized carbons (Fsp3) is 0.250. The molecule has 7 heteroatoms. The Morgan fingerprint density at radius 1 is 1.15 bits per heavy atom. The van der Waals surface area contributed by atoms with Crippen molar-refractivity contribution in [3.8, 4) is 0 Å². The summed E-state index contributed by atoms with van der Waals surface area (Å²) in [5, 5.41) is 0. The number of rotatable bonds is 3. The van der Waals surface area contributed by atoms with Gasteiger partial charge in [0, 0.05) is 19.9 Å². The Balaban J connectivity index is 1.69. The molecule has 6 nitrogen and oxygen atoms in total. The van der Waals surface area contributed by atoms with Gasteiger partial charge in [0.15, 0.2) is 0 Å². The maximum atomic E-state index is 13.1. The van der Waals surface area contributed by atoms with E-state index in [1.165, 1.54) is 41.1 Å². The minimum absolute atomic E-state index is 0.0768. The van der Waals surface area contributed by atoms with Gasteiger partial charge in [-0.2, -0.15) is 0 Å². The fourth-order valence-electron chi connectivity index (χ4n) is 3.74. The van der Waals surface area contributed by atoms with Crippen molar-refractivity contribution in [2.24, 2.45) is 0 Å². The first-order chi connectivity index (χ1) is 12.9. The number of carbonyl (C=O) groups is 3. The molecule has 2 aliphatic rings. The first kappa shape index (κ1) is 17.2. The predicted octanol–water partition coefficient (Wildman–Crippen LogP) is 2.48. The number of likely N-dealkylation sites (N-methyl/N-ethyl adjacent to an activating group) is 1. The van der Waals surface area contributed by atoms with Gasteiger partial charge in [-0.1, -0.05) is 24.3 Å². The topological polar surface area (TPSA) is 66.9 Å². The van der Waals surface area contributed by atoms with E-state index in [-0.39, 0.29) is 37.1 Å². The highest BCUT2D eigenvalue weighted by Crippen LogP contribution is 2.44. The average molecular weight is 368 g/mol. The molecule has 0 saturated carbocycles. The van der Waals surface area contributed by atoms with E-state index in [2.05, 4.69) is 0 Å². The SMILES string of the molecule is CN1C(=O)c2ccccc2N2C(=O)CC[C@]12C(=O)OCc1ccc(F)cc1. The van der Waals surface area contributed by atoms with Crippen LogP contribution in [-0.2, 0) is 20.9 Å². The van der Waals surface area contributed by atoms with Crippen molar-refractivity contribution in [2.45, 2.75) is 25.1 Å². The van der Waals surface area contributed by atoms with Crippen LogP contribution in [0.4, 0.5) is 10.1 Å². The Hall–Kier alpha value is -3.22. The highest BCUT2D eigenvalue weighted by molar-refractivity contribution is 6.15. The predicted molar refractivity (Wildman–Crippen MR) is 94.2 cm³/mol. The molecule has 1 fully saturated rings. The molecule has 27 heavy (non-hydrogen) atoms. The van der Waals surface area contributed by atoms with Gasteiger partial charge in [-0.25, -0.2) is 9.18 Å². The molecule has 0 bridgehead atoms. The van der Waals surface area contributed by atoms with E-state index in [4.69, 9.17) is 4.74 Å². The van der Waals surface area contributed by atoms with Gasteiger partial charge >= 0.3 is 5.97 Å². The summed E-state index contributed by atoms with van der Waals surface area (Å²) >= 11 is 0. The Bertz CT molecular complexity index is 943. The number of anilines is 1. The van der Waals surface area contributed by atoms with Gasteiger partial charge in [0.05, 0.1) is 11.3 Å². The molecule has 1 atom stereocenters. The number of para-hydroxylation sites is 1. The number of esters is 1. The maximum Gasteiger partial charge on any atom is 0.354 e. The van der Waals surface area contributed by atoms with Gasteiger partial charge in [0.1, 0.15) is 12.4 Å². The minimum atomic E-state index is -1.50. The smallest absolute Gasteiger partial charge is 0.354 e. The van der Waals surface area contributed by atoms with Crippen LogP contribution in [0.1, 0.15) is 28.8 Å². The van der Waals surface area contributed by atoms with Crippen LogP contribution in [0.25, 0.3) is 0 Å². The normalized spacial score (nSPS) is 21.1. The lowest BCUT2D eigenvalue weighted by molar-refractivity contribution is -0.157. The second kappa shape index (κ2) is 6.19. The van der Waals surface area contributed by atoms with Crippen LogP contribution < -0.4 is 4.90 Å². The van der Waals surface area contributed by atoms with Crippen LogP contribution in [0.2, 0.25) is 0 Å². The summed E-state index contributed by atoms with van der Waals surface area (Å²) in [5.41, 5.74) is -0.0935. The second-order valence-electron chi connectivity index (χ2n) is 6.63. The number of nitrogens with zero attached hydrogens (tertiary/aromatic N) is 2. The number of carbonyl (C=O) groups excluding carboxylic acids is 3. The molecule has 2 amide bonds. The van der Waals surface area contributed by atoms with Crippen molar-refractivity contribution in [1.29, 1.82) is 0 Å². The van der Waals surface area contributed by atoms with Gasteiger partial charge in [0.2, 0.25) is 11.6 Å². The van der Waals surface area contributed by atoms with Crippen LogP contribution in [0.15, 0.2) is 48.5 Å². The molecule has 2 aromatic rings. The number of benzene rings is 2. The number of fused-ring (bicyclic) bond motifs is 3. The monoisotopic (exact) mass is 368 g/mol. The first-order valence-electron chi connectivity index (χ1n) is 8.57. The molecule has 1 saturated heterocycles. The Kier molecular flexibility index (Phi) is 3.95. The van der Waals surface area contributed by atoms with Crippen molar-refractivity contribution in [2.75, 3.05) is 11.9 Å². The molecular weight excluding hydrogens is 351 g/mol. The highest BCUT2D eigenvalue weighted by atomic mass is 19.1. The highest BCUT2D eigenvalue weighted by Gasteiger charge is 2.60. The molecule has 2 heterocycles. The van der Waals surface area contributed by atoms with Crippen LogP contribution in [0, 0.1) is 5.82 Å². The fourth-order valence-corrected chi connectivity index (χ4v) is 3.74. The van der Waals surface area contributed by atoms with E-state index < -0.39 is 11.6 Å². The molecular formula is C20H17FN2O4. The number of ether oxygens (including phenoxy) is 1. The van der Waals surface area contributed by atoms with Gasteiger partial charge < -0.3 is 9.64 Å². The summed E-state index contributed by atoms with van der Waals surface area (Å²) in [6.07, 6.45) is 0.294. The van der Waals surface area contributed by atoms with Crippen LogP contribution in [0.5, 0.6) is 0 Å². The van der Waals surface area contributed by atoms with E-state index in [1.807, 2.05) is 0 Å². The molecule has 0 radical (unpaired) electrons. The van der Waals surface area contributed by atoms with E-state index in [1.54, 1.807) is 24.3 Å².